The van der Waals surface area contributed by atoms with E-state index < -0.39 is 0 Å². The first-order valence-electron chi connectivity index (χ1n) is 8.63. The summed E-state index contributed by atoms with van der Waals surface area (Å²) in [6, 6.07) is 13.1. The van der Waals surface area contributed by atoms with Crippen molar-refractivity contribution < 1.29 is 9.53 Å². The van der Waals surface area contributed by atoms with E-state index in [4.69, 9.17) is 4.74 Å². The molecule has 0 saturated carbocycles. The third kappa shape index (κ3) is 5.76. The normalized spacial score (nSPS) is 12.1. The number of hydrogen-bond donors (Lipinski definition) is 1. The monoisotopic (exact) mass is 379 g/mol. The minimum absolute atomic E-state index is 0.153. The zero-order valence-electron chi connectivity index (χ0n) is 15.3. The van der Waals surface area contributed by atoms with Crippen LogP contribution in [0.1, 0.15) is 34.9 Å². The predicted molar refractivity (Wildman–Crippen MR) is 107 cm³/mol. The van der Waals surface area contributed by atoms with Crippen LogP contribution in [0.5, 0.6) is 5.75 Å². The molecule has 0 bridgehead atoms. The molecule has 2 heterocycles. The minimum Gasteiger partial charge on any atom is -0.487 e. The molecule has 3 rings (SSSR count). The number of carbonyl (C=O) groups is 1. The molecule has 1 N–H and O–H groups in total. The van der Waals surface area contributed by atoms with Gasteiger partial charge in [-0.3, -0.25) is 9.78 Å². The van der Waals surface area contributed by atoms with Gasteiger partial charge in [-0.25, -0.2) is 4.98 Å². The number of amides is 1. The van der Waals surface area contributed by atoms with Gasteiger partial charge in [-0.1, -0.05) is 18.2 Å². The molecule has 27 heavy (non-hydrogen) atoms. The Hall–Kier alpha value is -2.99. The van der Waals surface area contributed by atoms with Crippen molar-refractivity contribution >= 4 is 23.3 Å². The summed E-state index contributed by atoms with van der Waals surface area (Å²) in [6.45, 7) is 4.31. The molecule has 0 aliphatic carbocycles. The van der Waals surface area contributed by atoms with E-state index in [1.54, 1.807) is 23.6 Å². The summed E-state index contributed by atoms with van der Waals surface area (Å²) in [5, 5.41) is 5.92. The van der Waals surface area contributed by atoms with Gasteiger partial charge in [-0.15, -0.1) is 11.3 Å². The molecule has 1 atom stereocenters. The van der Waals surface area contributed by atoms with Crippen LogP contribution in [0.25, 0.3) is 6.08 Å². The molecular formula is C21H21N3O2S. The van der Waals surface area contributed by atoms with E-state index in [9.17, 15) is 4.79 Å². The van der Waals surface area contributed by atoms with Gasteiger partial charge in [0.05, 0.1) is 22.4 Å². The van der Waals surface area contributed by atoms with Crippen molar-refractivity contribution in [2.75, 3.05) is 0 Å². The Morgan fingerprint density at radius 2 is 2.19 bits per heavy atom. The quantitative estimate of drug-likeness (QED) is 0.621. The molecule has 0 radical (unpaired) electrons. The van der Waals surface area contributed by atoms with Crippen LogP contribution in [0.3, 0.4) is 0 Å². The Balaban J connectivity index is 1.55. The van der Waals surface area contributed by atoms with Crippen LogP contribution >= 0.6 is 11.3 Å². The fourth-order valence-electron chi connectivity index (χ4n) is 2.48. The van der Waals surface area contributed by atoms with E-state index in [-0.39, 0.29) is 11.9 Å². The predicted octanol–water partition coefficient (Wildman–Crippen LogP) is 4.32. The topological polar surface area (TPSA) is 64.1 Å². The fraction of sp³-hybridized carbons (Fsp3) is 0.190. The van der Waals surface area contributed by atoms with Crippen LogP contribution in [-0.4, -0.2) is 15.9 Å². The van der Waals surface area contributed by atoms with Gasteiger partial charge in [0.15, 0.2) is 0 Å². The van der Waals surface area contributed by atoms with E-state index in [1.165, 1.54) is 6.08 Å². The highest BCUT2D eigenvalue weighted by atomic mass is 32.1. The van der Waals surface area contributed by atoms with E-state index in [1.807, 2.05) is 61.7 Å². The summed E-state index contributed by atoms with van der Waals surface area (Å²) in [6.07, 6.45) is 4.99. The second-order valence-corrected chi connectivity index (χ2v) is 7.10. The lowest BCUT2D eigenvalue weighted by molar-refractivity contribution is -0.117. The fourth-order valence-corrected chi connectivity index (χ4v) is 3.08. The average Bonchev–Trinajstić information content (AvgIpc) is 3.11. The number of nitrogens with one attached hydrogen (secondary N) is 1. The maximum atomic E-state index is 12.1. The van der Waals surface area contributed by atoms with Crippen molar-refractivity contribution in [3.05, 3.63) is 82.1 Å². The van der Waals surface area contributed by atoms with Crippen LogP contribution in [0, 0.1) is 6.92 Å². The molecule has 5 nitrogen and oxygen atoms in total. The van der Waals surface area contributed by atoms with Gasteiger partial charge < -0.3 is 10.1 Å². The summed E-state index contributed by atoms with van der Waals surface area (Å²) in [4.78, 5) is 20.8. The maximum absolute atomic E-state index is 12.1. The maximum Gasteiger partial charge on any atom is 0.244 e. The van der Waals surface area contributed by atoms with Crippen molar-refractivity contribution in [1.82, 2.24) is 15.3 Å². The lowest BCUT2D eigenvalue weighted by atomic mass is 10.2. The summed E-state index contributed by atoms with van der Waals surface area (Å²) >= 11 is 1.61. The Labute approximate surface area is 162 Å². The average molecular weight is 379 g/mol. The Morgan fingerprint density at radius 1 is 1.30 bits per heavy atom. The first kappa shape index (κ1) is 18.8. The highest BCUT2D eigenvalue weighted by Gasteiger charge is 2.08. The molecule has 138 valence electrons. The van der Waals surface area contributed by atoms with Crippen molar-refractivity contribution in [1.29, 1.82) is 0 Å². The van der Waals surface area contributed by atoms with Crippen molar-refractivity contribution in [3.63, 3.8) is 0 Å². The standard InChI is InChI=1S/C21H21N3O2S/c1-15(20-8-3-4-11-22-20)23-21(25)10-9-17-6-5-7-19(12-17)26-13-18-14-27-16(2)24-18/h3-12,14-15H,13H2,1-2H3,(H,23,25)/b10-9+. The molecule has 1 unspecified atom stereocenters. The summed E-state index contributed by atoms with van der Waals surface area (Å²) in [5.41, 5.74) is 2.64. The van der Waals surface area contributed by atoms with Crippen LogP contribution in [0.4, 0.5) is 0 Å². The third-order valence-electron chi connectivity index (χ3n) is 3.83. The van der Waals surface area contributed by atoms with Crippen LogP contribution in [-0.2, 0) is 11.4 Å². The molecule has 0 saturated heterocycles. The highest BCUT2D eigenvalue weighted by Crippen LogP contribution is 2.17. The Kier molecular flexibility index (Phi) is 6.33. The molecule has 0 aliphatic rings. The van der Waals surface area contributed by atoms with Gasteiger partial charge in [0.2, 0.25) is 5.91 Å². The second-order valence-electron chi connectivity index (χ2n) is 6.04. The first-order valence-corrected chi connectivity index (χ1v) is 9.51. The number of nitrogens with zero attached hydrogens (tertiary/aromatic N) is 2. The second kappa shape index (κ2) is 9.09. The summed E-state index contributed by atoms with van der Waals surface area (Å²) in [7, 11) is 0. The smallest absolute Gasteiger partial charge is 0.244 e. The number of hydrogen-bond acceptors (Lipinski definition) is 5. The van der Waals surface area contributed by atoms with Crippen LogP contribution < -0.4 is 10.1 Å². The number of thiazole rings is 1. The van der Waals surface area contributed by atoms with Crippen molar-refractivity contribution in [2.24, 2.45) is 0 Å². The number of rotatable bonds is 7. The highest BCUT2D eigenvalue weighted by molar-refractivity contribution is 7.09. The third-order valence-corrected chi connectivity index (χ3v) is 4.65. The molecule has 3 aromatic rings. The first-order chi connectivity index (χ1) is 13.1. The molecule has 0 spiro atoms. The molecular weight excluding hydrogens is 358 g/mol. The van der Waals surface area contributed by atoms with E-state index in [2.05, 4.69) is 15.3 Å². The Bertz CT molecular complexity index is 922. The van der Waals surface area contributed by atoms with Gasteiger partial charge >= 0.3 is 0 Å². The van der Waals surface area contributed by atoms with Crippen LogP contribution in [0.2, 0.25) is 0 Å². The van der Waals surface area contributed by atoms with E-state index in [0.29, 0.717) is 6.61 Å². The number of ether oxygens (including phenoxy) is 1. The number of benzene rings is 1. The molecule has 1 aromatic carbocycles. The molecule has 0 fully saturated rings. The van der Waals surface area contributed by atoms with Gasteiger partial charge in [0.25, 0.3) is 0 Å². The molecule has 2 aromatic heterocycles. The molecule has 6 heteroatoms. The van der Waals surface area contributed by atoms with Gasteiger partial charge in [-0.2, -0.15) is 0 Å². The summed E-state index contributed by atoms with van der Waals surface area (Å²) < 4.78 is 5.78. The van der Waals surface area contributed by atoms with E-state index in [0.717, 1.165) is 27.7 Å². The minimum atomic E-state index is -0.169. The molecule has 0 aliphatic heterocycles. The van der Waals surface area contributed by atoms with Crippen molar-refractivity contribution in [2.45, 2.75) is 26.5 Å². The number of carbonyl (C=O) groups excluding carboxylic acids is 1. The Morgan fingerprint density at radius 3 is 2.93 bits per heavy atom. The van der Waals surface area contributed by atoms with E-state index >= 15 is 0 Å². The number of aryl methyl sites for hydroxylation is 1. The largest absolute Gasteiger partial charge is 0.487 e. The number of pyridine rings is 1. The van der Waals surface area contributed by atoms with Crippen molar-refractivity contribution in [3.8, 4) is 5.75 Å². The zero-order valence-corrected chi connectivity index (χ0v) is 16.1. The number of aromatic nitrogens is 2. The summed E-state index contributed by atoms with van der Waals surface area (Å²) in [5.74, 6) is 0.572. The molecule has 1 amide bonds. The van der Waals surface area contributed by atoms with Gasteiger partial charge in [0, 0.05) is 17.7 Å². The van der Waals surface area contributed by atoms with Crippen LogP contribution in [0.15, 0.2) is 60.1 Å². The SMILES string of the molecule is Cc1nc(COc2cccc(/C=C/C(=O)NC(C)c3ccccn3)c2)cs1. The van der Waals surface area contributed by atoms with Gasteiger partial charge in [-0.05, 0) is 49.8 Å². The van der Waals surface area contributed by atoms with Gasteiger partial charge in [0.1, 0.15) is 12.4 Å². The lowest BCUT2D eigenvalue weighted by Crippen LogP contribution is -2.25. The lowest BCUT2D eigenvalue weighted by Gasteiger charge is -2.11. The zero-order chi connectivity index (χ0) is 19.1.